The molecule has 0 aliphatic carbocycles. The molecule has 2 atom stereocenters. The molecule has 1 aliphatic rings. The second kappa shape index (κ2) is 6.20. The van der Waals surface area contributed by atoms with Crippen molar-refractivity contribution < 1.29 is 9.53 Å². The van der Waals surface area contributed by atoms with Crippen LogP contribution in [0.4, 0.5) is 5.69 Å². The maximum atomic E-state index is 11.6. The van der Waals surface area contributed by atoms with Crippen molar-refractivity contribution in [1.29, 1.82) is 0 Å². The zero-order chi connectivity index (χ0) is 13.8. The van der Waals surface area contributed by atoms with Crippen molar-refractivity contribution in [1.82, 2.24) is 0 Å². The molecule has 2 rings (SSSR count). The van der Waals surface area contributed by atoms with Crippen LogP contribution in [-0.2, 0) is 4.74 Å². The van der Waals surface area contributed by atoms with Gasteiger partial charge in [0.05, 0.1) is 6.10 Å². The fourth-order valence-corrected chi connectivity index (χ4v) is 2.77. The number of carbonyl (C=O) groups excluding carboxylic acids is 1. The van der Waals surface area contributed by atoms with E-state index in [2.05, 4.69) is 24.0 Å². The van der Waals surface area contributed by atoms with E-state index >= 15 is 0 Å². The van der Waals surface area contributed by atoms with Crippen LogP contribution in [0.5, 0.6) is 0 Å². The van der Waals surface area contributed by atoms with Gasteiger partial charge in [0, 0.05) is 37.4 Å². The van der Waals surface area contributed by atoms with E-state index in [1.165, 1.54) is 5.69 Å². The first-order chi connectivity index (χ1) is 9.15. The molecule has 1 fully saturated rings. The SMILES string of the molecule is CCC(=O)c1ccc(N2CCC(OC)CC2C)cc1. The molecule has 0 saturated carbocycles. The van der Waals surface area contributed by atoms with Crippen LogP contribution in [0.3, 0.4) is 0 Å². The highest BCUT2D eigenvalue weighted by molar-refractivity contribution is 5.96. The minimum atomic E-state index is 0.206. The quantitative estimate of drug-likeness (QED) is 0.779. The first kappa shape index (κ1) is 14.1. The maximum Gasteiger partial charge on any atom is 0.162 e. The van der Waals surface area contributed by atoms with Crippen molar-refractivity contribution in [3.8, 4) is 0 Å². The van der Waals surface area contributed by atoms with E-state index < -0.39 is 0 Å². The van der Waals surface area contributed by atoms with Crippen molar-refractivity contribution in [2.75, 3.05) is 18.6 Å². The van der Waals surface area contributed by atoms with E-state index in [1.807, 2.05) is 19.1 Å². The monoisotopic (exact) mass is 261 g/mol. The Morgan fingerprint density at radius 1 is 1.37 bits per heavy atom. The highest BCUT2D eigenvalue weighted by Crippen LogP contribution is 2.26. The molecule has 0 spiro atoms. The van der Waals surface area contributed by atoms with Crippen LogP contribution >= 0.6 is 0 Å². The Balaban J connectivity index is 2.08. The predicted molar refractivity (Wildman–Crippen MR) is 77.9 cm³/mol. The van der Waals surface area contributed by atoms with Crippen LogP contribution in [-0.4, -0.2) is 31.6 Å². The molecule has 3 heteroatoms. The summed E-state index contributed by atoms with van der Waals surface area (Å²) in [6.45, 7) is 5.14. The normalized spacial score (nSPS) is 23.4. The number of nitrogens with zero attached hydrogens (tertiary/aromatic N) is 1. The zero-order valence-electron chi connectivity index (χ0n) is 12.1. The molecule has 0 amide bonds. The lowest BCUT2D eigenvalue weighted by Crippen LogP contribution is -2.43. The fraction of sp³-hybridized carbons (Fsp3) is 0.562. The average Bonchev–Trinajstić information content (AvgIpc) is 2.46. The van der Waals surface area contributed by atoms with Crippen LogP contribution in [0.15, 0.2) is 24.3 Å². The van der Waals surface area contributed by atoms with E-state index in [0.717, 1.165) is 24.9 Å². The lowest BCUT2D eigenvalue weighted by molar-refractivity contribution is 0.0721. The number of ether oxygens (including phenoxy) is 1. The Bertz CT molecular complexity index is 427. The minimum absolute atomic E-state index is 0.206. The molecule has 1 aliphatic heterocycles. The minimum Gasteiger partial charge on any atom is -0.381 e. The lowest BCUT2D eigenvalue weighted by Gasteiger charge is -2.38. The molecule has 3 nitrogen and oxygen atoms in total. The smallest absolute Gasteiger partial charge is 0.162 e. The van der Waals surface area contributed by atoms with Crippen LogP contribution in [0, 0.1) is 0 Å². The third-order valence-corrected chi connectivity index (χ3v) is 4.00. The van der Waals surface area contributed by atoms with Crippen molar-refractivity contribution in [2.45, 2.75) is 45.3 Å². The summed E-state index contributed by atoms with van der Waals surface area (Å²) in [7, 11) is 1.79. The van der Waals surface area contributed by atoms with Gasteiger partial charge < -0.3 is 9.64 Å². The van der Waals surface area contributed by atoms with Crippen molar-refractivity contribution in [3.63, 3.8) is 0 Å². The number of methoxy groups -OCH3 is 1. The molecular weight excluding hydrogens is 238 g/mol. The maximum absolute atomic E-state index is 11.6. The molecule has 2 unspecified atom stereocenters. The van der Waals surface area contributed by atoms with Crippen molar-refractivity contribution in [2.24, 2.45) is 0 Å². The number of rotatable bonds is 4. The molecular formula is C16H23NO2. The average molecular weight is 261 g/mol. The summed E-state index contributed by atoms with van der Waals surface area (Å²) in [5.74, 6) is 0.206. The van der Waals surface area contributed by atoms with Gasteiger partial charge in [0.25, 0.3) is 0 Å². The molecule has 104 valence electrons. The Labute approximate surface area is 115 Å². The highest BCUT2D eigenvalue weighted by Gasteiger charge is 2.25. The van der Waals surface area contributed by atoms with E-state index in [9.17, 15) is 4.79 Å². The third kappa shape index (κ3) is 3.16. The third-order valence-electron chi connectivity index (χ3n) is 4.00. The molecule has 0 radical (unpaired) electrons. The summed E-state index contributed by atoms with van der Waals surface area (Å²) >= 11 is 0. The molecule has 0 bridgehead atoms. The Morgan fingerprint density at radius 2 is 2.05 bits per heavy atom. The largest absolute Gasteiger partial charge is 0.381 e. The van der Waals surface area contributed by atoms with Gasteiger partial charge in [-0.05, 0) is 44.0 Å². The highest BCUT2D eigenvalue weighted by atomic mass is 16.5. The molecule has 0 N–H and O–H groups in total. The Hall–Kier alpha value is -1.35. The van der Waals surface area contributed by atoms with Gasteiger partial charge in [0.15, 0.2) is 5.78 Å². The number of anilines is 1. The summed E-state index contributed by atoms with van der Waals surface area (Å²) in [5.41, 5.74) is 2.01. The summed E-state index contributed by atoms with van der Waals surface area (Å²) in [6, 6.07) is 8.48. The van der Waals surface area contributed by atoms with E-state index in [4.69, 9.17) is 4.74 Å². The van der Waals surface area contributed by atoms with Crippen molar-refractivity contribution in [3.05, 3.63) is 29.8 Å². The van der Waals surface area contributed by atoms with Gasteiger partial charge >= 0.3 is 0 Å². The second-order valence-corrected chi connectivity index (χ2v) is 5.25. The molecule has 1 aromatic rings. The van der Waals surface area contributed by atoms with E-state index in [1.54, 1.807) is 7.11 Å². The molecule has 1 aromatic carbocycles. The van der Waals surface area contributed by atoms with Gasteiger partial charge in [-0.15, -0.1) is 0 Å². The summed E-state index contributed by atoms with van der Waals surface area (Å²) in [6.07, 6.45) is 3.07. The number of ketones is 1. The van der Waals surface area contributed by atoms with Crippen LogP contribution < -0.4 is 4.90 Å². The zero-order valence-corrected chi connectivity index (χ0v) is 12.1. The van der Waals surface area contributed by atoms with Crippen LogP contribution in [0.25, 0.3) is 0 Å². The number of piperidine rings is 1. The first-order valence-corrected chi connectivity index (χ1v) is 7.08. The number of benzene rings is 1. The van der Waals surface area contributed by atoms with Gasteiger partial charge in [-0.25, -0.2) is 0 Å². The second-order valence-electron chi connectivity index (χ2n) is 5.25. The number of hydrogen-bond donors (Lipinski definition) is 0. The lowest BCUT2D eigenvalue weighted by atomic mass is 9.99. The van der Waals surface area contributed by atoms with E-state index in [0.29, 0.717) is 18.6 Å². The summed E-state index contributed by atoms with van der Waals surface area (Å²) in [4.78, 5) is 14.0. The molecule has 0 aromatic heterocycles. The summed E-state index contributed by atoms with van der Waals surface area (Å²) < 4.78 is 5.44. The first-order valence-electron chi connectivity index (χ1n) is 7.08. The van der Waals surface area contributed by atoms with E-state index in [-0.39, 0.29) is 5.78 Å². The number of hydrogen-bond acceptors (Lipinski definition) is 3. The predicted octanol–water partition coefficient (Wildman–Crippen LogP) is 3.28. The van der Waals surface area contributed by atoms with Gasteiger partial charge in [-0.1, -0.05) is 6.92 Å². The molecule has 1 heterocycles. The Kier molecular flexibility index (Phi) is 4.59. The number of Topliss-reactive ketones (excluding diaryl/α,β-unsaturated/α-hetero) is 1. The summed E-state index contributed by atoms with van der Waals surface area (Å²) in [5, 5.41) is 0. The van der Waals surface area contributed by atoms with Crippen molar-refractivity contribution >= 4 is 11.5 Å². The fourth-order valence-electron chi connectivity index (χ4n) is 2.77. The van der Waals surface area contributed by atoms with Crippen LogP contribution in [0.1, 0.15) is 43.5 Å². The van der Waals surface area contributed by atoms with Gasteiger partial charge in [-0.3, -0.25) is 4.79 Å². The number of carbonyl (C=O) groups is 1. The van der Waals surface area contributed by atoms with Gasteiger partial charge in [-0.2, -0.15) is 0 Å². The van der Waals surface area contributed by atoms with Gasteiger partial charge in [0.1, 0.15) is 0 Å². The Morgan fingerprint density at radius 3 is 2.58 bits per heavy atom. The standard InChI is InChI=1S/C16H23NO2/c1-4-16(18)13-5-7-14(8-6-13)17-10-9-15(19-3)11-12(17)2/h5-8,12,15H,4,9-11H2,1-3H3. The molecule has 1 saturated heterocycles. The van der Waals surface area contributed by atoms with Crippen LogP contribution in [0.2, 0.25) is 0 Å². The molecule has 19 heavy (non-hydrogen) atoms. The van der Waals surface area contributed by atoms with Gasteiger partial charge in [0.2, 0.25) is 0 Å². The topological polar surface area (TPSA) is 29.5 Å².